The molecule has 0 aliphatic rings. The molecule has 7 nitrogen and oxygen atoms in total. The van der Waals surface area contributed by atoms with Gasteiger partial charge in [-0.2, -0.15) is 0 Å². The second kappa shape index (κ2) is 4.36. The Hall–Kier alpha value is -2.18. The molecule has 80 valence electrons. The summed E-state index contributed by atoms with van der Waals surface area (Å²) in [6.45, 7) is 1.42. The fraction of sp³-hybridized carbons (Fsp3) is 0.250. The summed E-state index contributed by atoms with van der Waals surface area (Å²) in [5.74, 6) is -1.75. The van der Waals surface area contributed by atoms with Crippen molar-refractivity contribution >= 4 is 17.7 Å². The zero-order chi connectivity index (χ0) is 11.4. The molecule has 0 spiro atoms. The Bertz CT molecular complexity index is 393. The van der Waals surface area contributed by atoms with Gasteiger partial charge in [-0.05, 0) is 6.92 Å². The number of nitrogens with one attached hydrogen (secondary N) is 1. The molecule has 0 fully saturated rings. The molecular formula is C8H10N4O3. The maximum atomic E-state index is 10.9. The molecule has 0 saturated heterocycles. The highest BCUT2D eigenvalue weighted by atomic mass is 16.4. The second-order valence-corrected chi connectivity index (χ2v) is 2.82. The Kier molecular flexibility index (Phi) is 3.17. The van der Waals surface area contributed by atoms with Gasteiger partial charge in [0.15, 0.2) is 11.5 Å². The maximum absolute atomic E-state index is 10.9. The van der Waals surface area contributed by atoms with E-state index in [1.165, 1.54) is 19.3 Å². The average molecular weight is 210 g/mol. The van der Waals surface area contributed by atoms with Gasteiger partial charge in [0.1, 0.15) is 6.04 Å². The number of carboxylic acids is 1. The number of nitrogens with two attached hydrogens (primary N) is 1. The zero-order valence-electron chi connectivity index (χ0n) is 7.97. The molecule has 0 saturated carbocycles. The molecule has 0 aliphatic carbocycles. The third kappa shape index (κ3) is 2.63. The van der Waals surface area contributed by atoms with Gasteiger partial charge in [0.05, 0.1) is 0 Å². The number of aromatic nitrogens is 2. The van der Waals surface area contributed by atoms with Crippen LogP contribution in [0.3, 0.4) is 0 Å². The molecule has 1 rings (SSSR count). The highest BCUT2D eigenvalue weighted by Crippen LogP contribution is 2.08. The van der Waals surface area contributed by atoms with Crippen LogP contribution in [0.15, 0.2) is 12.4 Å². The summed E-state index contributed by atoms with van der Waals surface area (Å²) in [5.41, 5.74) is 4.96. The van der Waals surface area contributed by atoms with Crippen molar-refractivity contribution in [3.8, 4) is 0 Å². The summed E-state index contributed by atoms with van der Waals surface area (Å²) in [5, 5.41) is 11.2. The van der Waals surface area contributed by atoms with E-state index < -0.39 is 17.9 Å². The van der Waals surface area contributed by atoms with E-state index in [2.05, 4.69) is 15.3 Å². The third-order valence-electron chi connectivity index (χ3n) is 1.66. The number of carbonyl (C=O) groups excluding carboxylic acids is 1. The quantitative estimate of drug-likeness (QED) is 0.614. The van der Waals surface area contributed by atoms with Crippen LogP contribution < -0.4 is 11.1 Å². The first-order valence-electron chi connectivity index (χ1n) is 4.12. The predicted octanol–water partition coefficient (Wildman–Crippen LogP) is -0.540. The van der Waals surface area contributed by atoms with E-state index in [0.717, 1.165) is 0 Å². The SMILES string of the molecule is CC(Nc1nccnc1C(N)=O)C(=O)O. The minimum Gasteiger partial charge on any atom is -0.480 e. The number of nitrogens with zero attached hydrogens (tertiary/aromatic N) is 2. The Balaban J connectivity index is 2.94. The molecule has 4 N–H and O–H groups in total. The standard InChI is InChI=1S/C8H10N4O3/c1-4(8(14)15)12-7-5(6(9)13)10-2-3-11-7/h2-4H,1H3,(H2,9,13)(H,11,12)(H,14,15). The van der Waals surface area contributed by atoms with Gasteiger partial charge in [0.2, 0.25) is 0 Å². The van der Waals surface area contributed by atoms with Crippen LogP contribution in [0.1, 0.15) is 17.4 Å². The number of anilines is 1. The lowest BCUT2D eigenvalue weighted by Crippen LogP contribution is -2.28. The molecule has 1 amide bonds. The largest absolute Gasteiger partial charge is 0.480 e. The molecule has 1 aromatic rings. The number of rotatable bonds is 4. The molecule has 1 aromatic heterocycles. The fourth-order valence-corrected chi connectivity index (χ4v) is 0.891. The van der Waals surface area contributed by atoms with Crippen LogP contribution in [-0.4, -0.2) is 33.0 Å². The van der Waals surface area contributed by atoms with Crippen molar-refractivity contribution in [3.63, 3.8) is 0 Å². The van der Waals surface area contributed by atoms with Crippen molar-refractivity contribution in [2.75, 3.05) is 5.32 Å². The molecular weight excluding hydrogens is 200 g/mol. The summed E-state index contributed by atoms with van der Waals surface area (Å²) in [7, 11) is 0. The summed E-state index contributed by atoms with van der Waals surface area (Å²) >= 11 is 0. The van der Waals surface area contributed by atoms with Gasteiger partial charge < -0.3 is 16.2 Å². The molecule has 1 unspecified atom stereocenters. The summed E-state index contributed by atoms with van der Waals surface area (Å²) in [6.07, 6.45) is 2.64. The Morgan fingerprint density at radius 3 is 2.60 bits per heavy atom. The Morgan fingerprint density at radius 1 is 1.47 bits per heavy atom. The van der Waals surface area contributed by atoms with Gasteiger partial charge in [-0.25, -0.2) is 9.97 Å². The first kappa shape index (κ1) is 10.9. The zero-order valence-corrected chi connectivity index (χ0v) is 7.97. The van der Waals surface area contributed by atoms with E-state index in [1.54, 1.807) is 0 Å². The maximum Gasteiger partial charge on any atom is 0.325 e. The molecule has 1 atom stereocenters. The van der Waals surface area contributed by atoms with Gasteiger partial charge >= 0.3 is 5.97 Å². The number of aliphatic carboxylic acids is 1. The third-order valence-corrected chi connectivity index (χ3v) is 1.66. The lowest BCUT2D eigenvalue weighted by molar-refractivity contribution is -0.137. The summed E-state index contributed by atoms with van der Waals surface area (Å²) < 4.78 is 0. The first-order chi connectivity index (χ1) is 7.02. The number of carbonyl (C=O) groups is 2. The molecule has 0 aliphatic heterocycles. The predicted molar refractivity (Wildman–Crippen MR) is 51.3 cm³/mol. The van der Waals surface area contributed by atoms with E-state index in [9.17, 15) is 9.59 Å². The minimum absolute atomic E-state index is 0.0694. The van der Waals surface area contributed by atoms with Crippen molar-refractivity contribution in [3.05, 3.63) is 18.1 Å². The molecule has 0 aromatic carbocycles. The summed E-state index contributed by atoms with van der Waals surface area (Å²) in [6, 6.07) is -0.875. The number of carboxylic acid groups (broad SMARTS) is 1. The fourth-order valence-electron chi connectivity index (χ4n) is 0.891. The van der Waals surface area contributed by atoms with Crippen LogP contribution in [0.2, 0.25) is 0 Å². The normalized spacial score (nSPS) is 11.8. The lowest BCUT2D eigenvalue weighted by atomic mass is 10.3. The van der Waals surface area contributed by atoms with E-state index in [0.29, 0.717) is 0 Å². The second-order valence-electron chi connectivity index (χ2n) is 2.82. The Labute approximate surface area is 85.3 Å². The van der Waals surface area contributed by atoms with E-state index in [4.69, 9.17) is 10.8 Å². The lowest BCUT2D eigenvalue weighted by Gasteiger charge is -2.10. The van der Waals surface area contributed by atoms with Crippen molar-refractivity contribution < 1.29 is 14.7 Å². The van der Waals surface area contributed by atoms with Crippen molar-refractivity contribution in [1.82, 2.24) is 9.97 Å². The van der Waals surface area contributed by atoms with Crippen LogP contribution in [0.25, 0.3) is 0 Å². The highest BCUT2D eigenvalue weighted by molar-refractivity contribution is 5.95. The van der Waals surface area contributed by atoms with Crippen LogP contribution in [0.4, 0.5) is 5.82 Å². The minimum atomic E-state index is -1.06. The van der Waals surface area contributed by atoms with Gasteiger partial charge in [-0.1, -0.05) is 0 Å². The van der Waals surface area contributed by atoms with Gasteiger partial charge in [0.25, 0.3) is 5.91 Å². The summed E-state index contributed by atoms with van der Waals surface area (Å²) in [4.78, 5) is 28.9. The number of hydrogen-bond acceptors (Lipinski definition) is 5. The molecule has 1 heterocycles. The Morgan fingerprint density at radius 2 is 2.07 bits per heavy atom. The van der Waals surface area contributed by atoms with Gasteiger partial charge in [0, 0.05) is 12.4 Å². The van der Waals surface area contributed by atoms with E-state index in [1.807, 2.05) is 0 Å². The smallest absolute Gasteiger partial charge is 0.325 e. The van der Waals surface area contributed by atoms with Crippen LogP contribution in [0, 0.1) is 0 Å². The van der Waals surface area contributed by atoms with Crippen LogP contribution in [0.5, 0.6) is 0 Å². The molecule has 0 radical (unpaired) electrons. The van der Waals surface area contributed by atoms with Crippen LogP contribution >= 0.6 is 0 Å². The first-order valence-corrected chi connectivity index (χ1v) is 4.12. The number of amides is 1. The van der Waals surface area contributed by atoms with Crippen molar-refractivity contribution in [1.29, 1.82) is 0 Å². The van der Waals surface area contributed by atoms with E-state index in [-0.39, 0.29) is 11.5 Å². The van der Waals surface area contributed by atoms with Gasteiger partial charge in [-0.15, -0.1) is 0 Å². The van der Waals surface area contributed by atoms with Crippen molar-refractivity contribution in [2.24, 2.45) is 5.73 Å². The molecule has 15 heavy (non-hydrogen) atoms. The van der Waals surface area contributed by atoms with Crippen LogP contribution in [-0.2, 0) is 4.79 Å². The van der Waals surface area contributed by atoms with Gasteiger partial charge in [-0.3, -0.25) is 9.59 Å². The average Bonchev–Trinajstić information content (AvgIpc) is 2.18. The van der Waals surface area contributed by atoms with E-state index >= 15 is 0 Å². The topological polar surface area (TPSA) is 118 Å². The number of hydrogen-bond donors (Lipinski definition) is 3. The number of primary amides is 1. The highest BCUT2D eigenvalue weighted by Gasteiger charge is 2.16. The molecule has 7 heteroatoms. The van der Waals surface area contributed by atoms with Crippen molar-refractivity contribution in [2.45, 2.75) is 13.0 Å². The monoisotopic (exact) mass is 210 g/mol. The molecule has 0 bridgehead atoms.